The van der Waals surface area contributed by atoms with Gasteiger partial charge in [0.1, 0.15) is 9.96 Å². The summed E-state index contributed by atoms with van der Waals surface area (Å²) in [7, 11) is -2.00. The van der Waals surface area contributed by atoms with Gasteiger partial charge in [-0.1, -0.05) is 6.92 Å². The molecule has 0 fully saturated rings. The first kappa shape index (κ1) is 20.2. The lowest BCUT2D eigenvalue weighted by Gasteiger charge is -2.09. The fraction of sp³-hybridized carbons (Fsp3) is 0.263. The first-order valence-electron chi connectivity index (χ1n) is 8.74. The summed E-state index contributed by atoms with van der Waals surface area (Å²) in [6, 6.07) is 13.8. The average Bonchev–Trinajstić information content (AvgIpc) is 3.20. The number of hydrogen-bond donors (Lipinski definition) is 1. The lowest BCUT2D eigenvalue weighted by Crippen LogP contribution is -2.31. The van der Waals surface area contributed by atoms with Crippen LogP contribution in [0.5, 0.6) is 5.75 Å². The van der Waals surface area contributed by atoms with E-state index in [1.54, 1.807) is 19.2 Å². The average molecular weight is 420 g/mol. The monoisotopic (exact) mass is 419 g/mol. The Labute approximate surface area is 167 Å². The van der Waals surface area contributed by atoms with Gasteiger partial charge in [-0.05, 0) is 48.9 Å². The van der Waals surface area contributed by atoms with E-state index in [-0.39, 0.29) is 22.9 Å². The Bertz CT molecular complexity index is 1100. The molecule has 2 heterocycles. The SMILES string of the molecule is CCc1ccc(S(=O)(=O)NCCn2nc(-c3ccc(OC)cc3)ccc2=O)s1. The van der Waals surface area contributed by atoms with Crippen molar-refractivity contribution < 1.29 is 13.2 Å². The minimum absolute atomic E-state index is 0.0701. The largest absolute Gasteiger partial charge is 0.497 e. The highest BCUT2D eigenvalue weighted by Gasteiger charge is 2.16. The van der Waals surface area contributed by atoms with Crippen LogP contribution in [-0.2, 0) is 23.0 Å². The van der Waals surface area contributed by atoms with E-state index < -0.39 is 10.0 Å². The van der Waals surface area contributed by atoms with Crippen LogP contribution in [0.4, 0.5) is 0 Å². The van der Waals surface area contributed by atoms with E-state index in [0.717, 1.165) is 22.6 Å². The Kier molecular flexibility index (Phi) is 6.28. The van der Waals surface area contributed by atoms with Crippen LogP contribution in [-0.4, -0.2) is 31.9 Å². The molecule has 3 rings (SSSR count). The minimum atomic E-state index is -3.59. The number of sulfonamides is 1. The molecule has 2 aromatic heterocycles. The van der Waals surface area contributed by atoms with Crippen LogP contribution in [0.2, 0.25) is 0 Å². The molecule has 3 aromatic rings. The highest BCUT2D eigenvalue weighted by Crippen LogP contribution is 2.22. The van der Waals surface area contributed by atoms with Crippen LogP contribution in [0.25, 0.3) is 11.3 Å². The molecule has 0 saturated heterocycles. The van der Waals surface area contributed by atoms with Crippen molar-refractivity contribution in [3.8, 4) is 17.0 Å². The molecule has 148 valence electrons. The quantitative estimate of drug-likeness (QED) is 0.606. The third-order valence-corrected chi connectivity index (χ3v) is 7.30. The molecule has 1 N–H and O–H groups in total. The lowest BCUT2D eigenvalue weighted by molar-refractivity contribution is 0.415. The maximum Gasteiger partial charge on any atom is 0.266 e. The lowest BCUT2D eigenvalue weighted by atomic mass is 10.1. The van der Waals surface area contributed by atoms with Gasteiger partial charge in [-0.25, -0.2) is 17.8 Å². The molecule has 0 spiro atoms. The smallest absolute Gasteiger partial charge is 0.266 e. The standard InChI is InChI=1S/C19H21N3O4S2/c1-3-16-8-11-19(27-16)28(24,25)20-12-13-22-18(23)10-9-17(21-22)14-4-6-15(26-2)7-5-14/h4-11,20H,3,12-13H2,1-2H3. The summed E-state index contributed by atoms with van der Waals surface area (Å²) < 4.78 is 33.9. The number of aryl methyl sites for hydroxylation is 1. The number of ether oxygens (including phenoxy) is 1. The molecule has 9 heteroatoms. The predicted molar refractivity (Wildman–Crippen MR) is 109 cm³/mol. The molecular formula is C19H21N3O4S2. The van der Waals surface area contributed by atoms with Gasteiger partial charge in [-0.2, -0.15) is 5.10 Å². The van der Waals surface area contributed by atoms with E-state index >= 15 is 0 Å². The Morgan fingerprint density at radius 3 is 2.50 bits per heavy atom. The third-order valence-electron chi connectivity index (χ3n) is 4.12. The summed E-state index contributed by atoms with van der Waals surface area (Å²) in [5.74, 6) is 0.728. The van der Waals surface area contributed by atoms with Crippen LogP contribution in [0.15, 0.2) is 57.5 Å². The number of thiophene rings is 1. The molecule has 0 bridgehead atoms. The third kappa shape index (κ3) is 4.67. The summed E-state index contributed by atoms with van der Waals surface area (Å²) in [6.45, 7) is 2.18. The van der Waals surface area contributed by atoms with E-state index in [2.05, 4.69) is 9.82 Å². The van der Waals surface area contributed by atoms with Crippen LogP contribution in [0, 0.1) is 0 Å². The van der Waals surface area contributed by atoms with Gasteiger partial charge >= 0.3 is 0 Å². The van der Waals surface area contributed by atoms with E-state index in [9.17, 15) is 13.2 Å². The second kappa shape index (κ2) is 8.68. The van der Waals surface area contributed by atoms with Crippen molar-refractivity contribution >= 4 is 21.4 Å². The van der Waals surface area contributed by atoms with Crippen LogP contribution in [0.3, 0.4) is 0 Å². The second-order valence-corrected chi connectivity index (χ2v) is 9.14. The summed E-state index contributed by atoms with van der Waals surface area (Å²) >= 11 is 1.25. The van der Waals surface area contributed by atoms with Crippen molar-refractivity contribution in [2.75, 3.05) is 13.7 Å². The van der Waals surface area contributed by atoms with E-state index in [1.165, 1.54) is 22.1 Å². The summed E-state index contributed by atoms with van der Waals surface area (Å²) in [5, 5.41) is 4.34. The molecule has 0 aliphatic rings. The van der Waals surface area contributed by atoms with Crippen LogP contribution < -0.4 is 15.0 Å². The van der Waals surface area contributed by atoms with Gasteiger partial charge in [0.05, 0.1) is 19.3 Å². The van der Waals surface area contributed by atoms with Crippen molar-refractivity contribution in [1.29, 1.82) is 0 Å². The Hall–Kier alpha value is -2.49. The van der Waals surface area contributed by atoms with E-state index in [4.69, 9.17) is 4.74 Å². The number of nitrogens with one attached hydrogen (secondary N) is 1. The Morgan fingerprint density at radius 2 is 1.86 bits per heavy atom. The number of aromatic nitrogens is 2. The first-order chi connectivity index (χ1) is 13.4. The predicted octanol–water partition coefficient (Wildman–Crippen LogP) is 2.52. The summed E-state index contributed by atoms with van der Waals surface area (Å²) in [6.07, 6.45) is 0.789. The molecule has 28 heavy (non-hydrogen) atoms. The van der Waals surface area contributed by atoms with Gasteiger partial charge in [0.2, 0.25) is 10.0 Å². The first-order valence-corrected chi connectivity index (χ1v) is 11.0. The Balaban J connectivity index is 1.71. The van der Waals surface area contributed by atoms with E-state index in [1.807, 2.05) is 37.3 Å². The topological polar surface area (TPSA) is 90.3 Å². The zero-order valence-corrected chi connectivity index (χ0v) is 17.2. The second-order valence-electron chi connectivity index (χ2n) is 5.98. The van der Waals surface area contributed by atoms with Gasteiger partial charge in [0.25, 0.3) is 5.56 Å². The van der Waals surface area contributed by atoms with Gasteiger partial charge in [-0.15, -0.1) is 11.3 Å². The fourth-order valence-corrected chi connectivity index (χ4v) is 4.94. The normalized spacial score (nSPS) is 11.5. The number of benzene rings is 1. The molecule has 0 amide bonds. The van der Waals surface area contributed by atoms with Gasteiger partial charge in [0, 0.05) is 23.1 Å². The van der Waals surface area contributed by atoms with Gasteiger partial charge in [0.15, 0.2) is 0 Å². The number of methoxy groups -OCH3 is 1. The maximum absolute atomic E-state index is 12.4. The highest BCUT2D eigenvalue weighted by molar-refractivity contribution is 7.91. The zero-order chi connectivity index (χ0) is 20.1. The van der Waals surface area contributed by atoms with Crippen molar-refractivity contribution in [2.24, 2.45) is 0 Å². The van der Waals surface area contributed by atoms with E-state index in [0.29, 0.717) is 5.69 Å². The number of hydrogen-bond acceptors (Lipinski definition) is 6. The maximum atomic E-state index is 12.4. The molecule has 0 aliphatic carbocycles. The van der Waals surface area contributed by atoms with Crippen molar-refractivity contribution in [2.45, 2.75) is 24.1 Å². The fourth-order valence-electron chi connectivity index (χ4n) is 2.57. The van der Waals surface area contributed by atoms with Crippen molar-refractivity contribution in [1.82, 2.24) is 14.5 Å². The van der Waals surface area contributed by atoms with Crippen LogP contribution in [0.1, 0.15) is 11.8 Å². The number of nitrogens with zero attached hydrogens (tertiary/aromatic N) is 2. The van der Waals surface area contributed by atoms with Gasteiger partial charge in [-0.3, -0.25) is 4.79 Å². The molecule has 0 radical (unpaired) electrons. The van der Waals surface area contributed by atoms with Crippen molar-refractivity contribution in [3.63, 3.8) is 0 Å². The molecule has 0 atom stereocenters. The highest BCUT2D eigenvalue weighted by atomic mass is 32.2. The van der Waals surface area contributed by atoms with Crippen molar-refractivity contribution in [3.05, 3.63) is 63.8 Å². The summed E-state index contributed by atoms with van der Waals surface area (Å²) in [4.78, 5) is 13.1. The molecule has 0 saturated carbocycles. The summed E-state index contributed by atoms with van der Waals surface area (Å²) in [5.41, 5.74) is 1.16. The van der Waals surface area contributed by atoms with Crippen LogP contribution >= 0.6 is 11.3 Å². The Morgan fingerprint density at radius 1 is 1.11 bits per heavy atom. The zero-order valence-electron chi connectivity index (χ0n) is 15.6. The molecule has 1 aromatic carbocycles. The molecule has 0 aliphatic heterocycles. The molecule has 0 unspecified atom stereocenters. The molecular weight excluding hydrogens is 398 g/mol. The number of rotatable bonds is 8. The minimum Gasteiger partial charge on any atom is -0.497 e. The molecule has 7 nitrogen and oxygen atoms in total. The van der Waals surface area contributed by atoms with Gasteiger partial charge < -0.3 is 4.74 Å².